The number of aromatic nitrogens is 2. The van der Waals surface area contributed by atoms with Crippen LogP contribution in [-0.4, -0.2) is 16.0 Å². The molecule has 0 atom stereocenters. The van der Waals surface area contributed by atoms with E-state index in [2.05, 4.69) is 62.4 Å². The summed E-state index contributed by atoms with van der Waals surface area (Å²) >= 11 is 0. The third-order valence-electron chi connectivity index (χ3n) is 5.79. The molecule has 0 N–H and O–H groups in total. The van der Waals surface area contributed by atoms with Gasteiger partial charge in [-0.2, -0.15) is 5.10 Å². The van der Waals surface area contributed by atoms with Gasteiger partial charge in [-0.3, -0.25) is 0 Å². The van der Waals surface area contributed by atoms with Crippen LogP contribution in [0, 0.1) is 13.8 Å². The summed E-state index contributed by atoms with van der Waals surface area (Å²) < 4.78 is 7.81. The Balaban J connectivity index is 1.35. The third-order valence-corrected chi connectivity index (χ3v) is 5.79. The minimum atomic E-state index is 0.547. The van der Waals surface area contributed by atoms with Gasteiger partial charge in [0, 0.05) is 17.8 Å². The first-order valence-corrected chi connectivity index (χ1v) is 11.7. The Morgan fingerprint density at radius 2 is 1.43 bits per heavy atom. The van der Waals surface area contributed by atoms with Crippen molar-refractivity contribution in [1.82, 2.24) is 9.78 Å². The Bertz CT molecular complexity index is 1420. The Hall–Kier alpha value is -4.44. The lowest BCUT2D eigenvalue weighted by Gasteiger charge is -2.07. The van der Waals surface area contributed by atoms with Crippen molar-refractivity contribution in [3.05, 3.63) is 131 Å². The number of rotatable bonds is 7. The lowest BCUT2D eigenvalue weighted by atomic mass is 10.1. The number of ether oxygens (including phenoxy) is 1. The summed E-state index contributed by atoms with van der Waals surface area (Å²) in [6, 6.07) is 36.8. The molecule has 0 saturated carbocycles. The average molecular weight is 458 g/mol. The molecule has 0 fully saturated rings. The zero-order valence-electron chi connectivity index (χ0n) is 19.9. The van der Waals surface area contributed by atoms with Gasteiger partial charge in [-0.1, -0.05) is 77.9 Å². The molecule has 172 valence electrons. The summed E-state index contributed by atoms with van der Waals surface area (Å²) in [4.78, 5) is 4.78. The highest BCUT2D eigenvalue weighted by atomic mass is 16.5. The van der Waals surface area contributed by atoms with E-state index >= 15 is 0 Å². The van der Waals surface area contributed by atoms with Crippen molar-refractivity contribution in [2.75, 3.05) is 0 Å². The van der Waals surface area contributed by atoms with Gasteiger partial charge in [0.2, 0.25) is 0 Å². The molecule has 5 rings (SSSR count). The van der Waals surface area contributed by atoms with Crippen LogP contribution in [0.25, 0.3) is 16.9 Å². The minimum absolute atomic E-state index is 0.547. The van der Waals surface area contributed by atoms with E-state index in [4.69, 9.17) is 14.8 Å². The predicted octanol–water partition coefficient (Wildman–Crippen LogP) is 7.49. The molecule has 0 amide bonds. The fourth-order valence-electron chi connectivity index (χ4n) is 3.73. The summed E-state index contributed by atoms with van der Waals surface area (Å²) in [5.74, 6) is 1.60. The highest BCUT2D eigenvalue weighted by molar-refractivity contribution is 5.82. The van der Waals surface area contributed by atoms with Crippen LogP contribution in [-0.2, 0) is 6.61 Å². The van der Waals surface area contributed by atoms with Gasteiger partial charge in [0.05, 0.1) is 11.4 Å². The Morgan fingerprint density at radius 1 is 0.771 bits per heavy atom. The third kappa shape index (κ3) is 5.56. The maximum Gasteiger partial charge on any atom is 0.156 e. The molecular weight excluding hydrogens is 430 g/mol. The number of para-hydroxylation sites is 1. The van der Waals surface area contributed by atoms with Gasteiger partial charge >= 0.3 is 0 Å². The zero-order chi connectivity index (χ0) is 24.0. The van der Waals surface area contributed by atoms with Crippen LogP contribution >= 0.6 is 0 Å². The number of hydrogen-bond acceptors (Lipinski definition) is 3. The van der Waals surface area contributed by atoms with Gasteiger partial charge in [-0.15, -0.1) is 0 Å². The van der Waals surface area contributed by atoms with Crippen LogP contribution in [0.1, 0.15) is 22.3 Å². The molecule has 0 saturated heterocycles. The van der Waals surface area contributed by atoms with Crippen LogP contribution in [0.2, 0.25) is 0 Å². The Kier molecular flexibility index (Phi) is 6.53. The Morgan fingerprint density at radius 3 is 2.11 bits per heavy atom. The summed E-state index contributed by atoms with van der Waals surface area (Å²) in [7, 11) is 0. The monoisotopic (exact) mass is 457 g/mol. The van der Waals surface area contributed by atoms with E-state index in [9.17, 15) is 0 Å². The molecule has 4 heteroatoms. The SMILES string of the molecule is Cc1ccc(COc2ccc(/C=N/c3cc(-c4ccc(C)cc4)nn3-c3ccccc3)cc2)cc1. The first-order valence-electron chi connectivity index (χ1n) is 11.7. The van der Waals surface area contributed by atoms with Crippen LogP contribution in [0.5, 0.6) is 5.75 Å². The fraction of sp³-hybridized carbons (Fsp3) is 0.0968. The molecule has 0 aliphatic carbocycles. The first kappa shape index (κ1) is 22.4. The van der Waals surface area contributed by atoms with Gasteiger partial charge < -0.3 is 4.74 Å². The van der Waals surface area contributed by atoms with Crippen molar-refractivity contribution in [3.8, 4) is 22.7 Å². The first-order chi connectivity index (χ1) is 17.1. The Labute approximate surface area is 206 Å². The van der Waals surface area contributed by atoms with E-state index in [1.807, 2.05) is 71.6 Å². The molecular formula is C31H27N3O. The van der Waals surface area contributed by atoms with Gasteiger partial charge in [-0.05, 0) is 61.4 Å². The van der Waals surface area contributed by atoms with Crippen molar-refractivity contribution in [1.29, 1.82) is 0 Å². The van der Waals surface area contributed by atoms with Crippen LogP contribution in [0.15, 0.2) is 114 Å². The van der Waals surface area contributed by atoms with Crippen molar-refractivity contribution >= 4 is 12.0 Å². The molecule has 0 unspecified atom stereocenters. The van der Waals surface area contributed by atoms with E-state index in [-0.39, 0.29) is 0 Å². The number of aliphatic imine (C=N–C) groups is 1. The molecule has 0 aliphatic heterocycles. The largest absolute Gasteiger partial charge is 0.489 e. The van der Waals surface area contributed by atoms with Crippen LogP contribution in [0.3, 0.4) is 0 Å². The van der Waals surface area contributed by atoms with Crippen LogP contribution < -0.4 is 4.74 Å². The number of hydrogen-bond donors (Lipinski definition) is 0. The normalized spacial score (nSPS) is 11.1. The molecule has 0 aliphatic rings. The summed E-state index contributed by atoms with van der Waals surface area (Å²) in [5.41, 5.74) is 7.54. The molecule has 35 heavy (non-hydrogen) atoms. The smallest absolute Gasteiger partial charge is 0.156 e. The van der Waals surface area contributed by atoms with Gasteiger partial charge in [0.25, 0.3) is 0 Å². The second kappa shape index (κ2) is 10.2. The molecule has 0 bridgehead atoms. The van der Waals surface area contributed by atoms with Crippen molar-refractivity contribution in [2.24, 2.45) is 4.99 Å². The van der Waals surface area contributed by atoms with E-state index in [0.29, 0.717) is 6.61 Å². The molecule has 1 heterocycles. The average Bonchev–Trinajstić information content (AvgIpc) is 3.33. The predicted molar refractivity (Wildman–Crippen MR) is 143 cm³/mol. The van der Waals surface area contributed by atoms with Crippen molar-refractivity contribution in [2.45, 2.75) is 20.5 Å². The van der Waals surface area contributed by atoms with Crippen molar-refractivity contribution in [3.63, 3.8) is 0 Å². The van der Waals surface area contributed by atoms with Gasteiger partial charge in [0.15, 0.2) is 5.82 Å². The molecule has 5 aromatic rings. The van der Waals surface area contributed by atoms with E-state index < -0.39 is 0 Å². The highest BCUT2D eigenvalue weighted by Gasteiger charge is 2.10. The van der Waals surface area contributed by atoms with Crippen molar-refractivity contribution < 1.29 is 4.74 Å². The molecule has 0 spiro atoms. The van der Waals surface area contributed by atoms with Gasteiger partial charge in [0.1, 0.15) is 12.4 Å². The fourth-order valence-corrected chi connectivity index (χ4v) is 3.73. The lowest BCUT2D eigenvalue weighted by molar-refractivity contribution is 0.306. The maximum atomic E-state index is 5.93. The zero-order valence-corrected chi connectivity index (χ0v) is 19.9. The molecule has 0 radical (unpaired) electrons. The second-order valence-electron chi connectivity index (χ2n) is 8.60. The van der Waals surface area contributed by atoms with E-state index in [1.54, 1.807) is 0 Å². The molecule has 4 aromatic carbocycles. The van der Waals surface area contributed by atoms with Crippen LogP contribution in [0.4, 0.5) is 5.82 Å². The molecule has 4 nitrogen and oxygen atoms in total. The summed E-state index contributed by atoms with van der Waals surface area (Å²) in [6.07, 6.45) is 1.86. The number of nitrogens with zero attached hydrogens (tertiary/aromatic N) is 3. The maximum absolute atomic E-state index is 5.93. The van der Waals surface area contributed by atoms with Gasteiger partial charge in [-0.25, -0.2) is 9.67 Å². The summed E-state index contributed by atoms with van der Waals surface area (Å²) in [6.45, 7) is 4.72. The quantitative estimate of drug-likeness (QED) is 0.238. The summed E-state index contributed by atoms with van der Waals surface area (Å²) in [5, 5.41) is 4.85. The van der Waals surface area contributed by atoms with E-state index in [1.165, 1.54) is 11.1 Å². The van der Waals surface area contributed by atoms with E-state index in [0.717, 1.165) is 39.6 Å². The minimum Gasteiger partial charge on any atom is -0.489 e. The number of aryl methyl sites for hydroxylation is 2. The second-order valence-corrected chi connectivity index (χ2v) is 8.60. The molecule has 1 aromatic heterocycles. The standard InChI is InChI=1S/C31H27N3O/c1-23-8-12-26(13-9-23)22-35-29-18-14-25(15-19-29)21-32-31-20-30(27-16-10-24(2)11-17-27)33-34(31)28-6-4-3-5-7-28/h3-21H,22H2,1-2H3/b32-21+. The highest BCUT2D eigenvalue weighted by Crippen LogP contribution is 2.27. The lowest BCUT2D eigenvalue weighted by Crippen LogP contribution is -1.96. The topological polar surface area (TPSA) is 39.4 Å². The number of benzene rings is 4.